The van der Waals surface area contributed by atoms with Gasteiger partial charge in [0.25, 0.3) is 0 Å². The van der Waals surface area contributed by atoms with Crippen LogP contribution in [0.25, 0.3) is 0 Å². The molecule has 1 rings (SSSR count). The first kappa shape index (κ1) is 8.63. The fraction of sp³-hybridized carbons (Fsp3) is 0.800. The van der Waals surface area contributed by atoms with Crippen molar-refractivity contribution in [3.8, 4) is 0 Å². The highest BCUT2D eigenvalue weighted by Gasteiger charge is 2.34. The third-order valence-electron chi connectivity index (χ3n) is 2.49. The molecule has 0 saturated carbocycles. The number of likely N-dealkylation sites (tertiary alicyclic amines) is 1. The van der Waals surface area contributed by atoms with Gasteiger partial charge in [-0.2, -0.15) is 0 Å². The summed E-state index contributed by atoms with van der Waals surface area (Å²) in [5, 5.41) is 0. The summed E-state index contributed by atoms with van der Waals surface area (Å²) in [6, 6.07) is 1.38. The Balaban J connectivity index is 2.55. The highest BCUT2D eigenvalue weighted by atomic mass is 15.2. The van der Waals surface area contributed by atoms with Crippen molar-refractivity contribution in [2.75, 3.05) is 0 Å². The monoisotopic (exact) mass is 153 g/mol. The SMILES string of the molecule is C=C1CC(C(C)C)N1C(C)C. The molecule has 1 atom stereocenters. The largest absolute Gasteiger partial charge is 0.369 e. The van der Waals surface area contributed by atoms with Crippen LogP contribution in [-0.2, 0) is 0 Å². The van der Waals surface area contributed by atoms with Gasteiger partial charge in [-0.3, -0.25) is 0 Å². The van der Waals surface area contributed by atoms with Gasteiger partial charge in [0, 0.05) is 24.2 Å². The molecule has 0 bridgehead atoms. The van der Waals surface area contributed by atoms with E-state index in [2.05, 4.69) is 39.2 Å². The van der Waals surface area contributed by atoms with Gasteiger partial charge < -0.3 is 4.90 Å². The zero-order valence-electron chi connectivity index (χ0n) is 8.09. The van der Waals surface area contributed by atoms with Crippen molar-refractivity contribution < 1.29 is 0 Å². The first-order valence-electron chi connectivity index (χ1n) is 4.50. The molecule has 0 aliphatic carbocycles. The molecule has 0 N–H and O–H groups in total. The minimum Gasteiger partial charge on any atom is -0.369 e. The van der Waals surface area contributed by atoms with Crippen LogP contribution in [0.2, 0.25) is 0 Å². The Labute approximate surface area is 70.1 Å². The molecule has 0 spiro atoms. The van der Waals surface area contributed by atoms with Crippen LogP contribution in [0.1, 0.15) is 34.1 Å². The summed E-state index contributed by atoms with van der Waals surface area (Å²) in [4.78, 5) is 2.44. The van der Waals surface area contributed by atoms with Gasteiger partial charge in [-0.05, 0) is 19.8 Å². The van der Waals surface area contributed by atoms with Gasteiger partial charge in [0.05, 0.1) is 0 Å². The maximum Gasteiger partial charge on any atom is 0.0366 e. The van der Waals surface area contributed by atoms with Crippen LogP contribution in [0.5, 0.6) is 0 Å². The predicted octanol–water partition coefficient (Wildman–Crippen LogP) is 2.64. The van der Waals surface area contributed by atoms with Gasteiger partial charge in [-0.1, -0.05) is 20.4 Å². The van der Waals surface area contributed by atoms with E-state index in [1.54, 1.807) is 0 Å². The second-order valence-electron chi connectivity index (χ2n) is 4.08. The number of nitrogens with zero attached hydrogens (tertiary/aromatic N) is 1. The molecule has 1 aliphatic heterocycles. The van der Waals surface area contributed by atoms with Crippen LogP contribution in [0.4, 0.5) is 0 Å². The topological polar surface area (TPSA) is 3.24 Å². The van der Waals surface area contributed by atoms with Gasteiger partial charge in [-0.15, -0.1) is 0 Å². The molecule has 11 heavy (non-hydrogen) atoms. The summed E-state index contributed by atoms with van der Waals surface area (Å²) in [5.74, 6) is 0.767. The highest BCUT2D eigenvalue weighted by Crippen LogP contribution is 2.34. The van der Waals surface area contributed by atoms with Crippen LogP contribution in [0, 0.1) is 5.92 Å². The summed E-state index contributed by atoms with van der Waals surface area (Å²) in [7, 11) is 0. The van der Waals surface area contributed by atoms with Crippen molar-refractivity contribution in [3.05, 3.63) is 12.3 Å². The smallest absolute Gasteiger partial charge is 0.0366 e. The van der Waals surface area contributed by atoms with Crippen molar-refractivity contribution in [2.45, 2.75) is 46.2 Å². The quantitative estimate of drug-likeness (QED) is 0.589. The number of hydrogen-bond donors (Lipinski definition) is 0. The fourth-order valence-electron chi connectivity index (χ4n) is 1.87. The third kappa shape index (κ3) is 1.42. The normalized spacial score (nSPS) is 24.7. The summed E-state index contributed by atoms with van der Waals surface area (Å²) < 4.78 is 0. The third-order valence-corrected chi connectivity index (χ3v) is 2.49. The molecular weight excluding hydrogens is 134 g/mol. The van der Waals surface area contributed by atoms with Crippen molar-refractivity contribution >= 4 is 0 Å². The van der Waals surface area contributed by atoms with E-state index in [0.717, 1.165) is 12.0 Å². The lowest BCUT2D eigenvalue weighted by Crippen LogP contribution is -2.51. The lowest BCUT2D eigenvalue weighted by Gasteiger charge is -2.50. The Morgan fingerprint density at radius 3 is 2.09 bits per heavy atom. The number of rotatable bonds is 2. The predicted molar refractivity (Wildman–Crippen MR) is 49.4 cm³/mol. The Morgan fingerprint density at radius 1 is 1.36 bits per heavy atom. The molecule has 0 aromatic carbocycles. The lowest BCUT2D eigenvalue weighted by atomic mass is 9.88. The lowest BCUT2D eigenvalue weighted by molar-refractivity contribution is 0.0834. The summed E-state index contributed by atoms with van der Waals surface area (Å²) >= 11 is 0. The zero-order valence-corrected chi connectivity index (χ0v) is 8.09. The zero-order chi connectivity index (χ0) is 8.59. The van der Waals surface area contributed by atoms with E-state index in [1.165, 1.54) is 12.1 Å². The van der Waals surface area contributed by atoms with E-state index < -0.39 is 0 Å². The first-order chi connectivity index (χ1) is 5.04. The molecule has 0 amide bonds. The second-order valence-corrected chi connectivity index (χ2v) is 4.08. The van der Waals surface area contributed by atoms with Crippen LogP contribution in [0.3, 0.4) is 0 Å². The molecule has 1 unspecified atom stereocenters. The number of hydrogen-bond acceptors (Lipinski definition) is 1. The first-order valence-corrected chi connectivity index (χ1v) is 4.50. The molecule has 1 saturated heterocycles. The van der Waals surface area contributed by atoms with E-state index in [9.17, 15) is 0 Å². The van der Waals surface area contributed by atoms with Crippen molar-refractivity contribution in [3.63, 3.8) is 0 Å². The molecular formula is C10H19N. The summed E-state index contributed by atoms with van der Waals surface area (Å²) in [6.45, 7) is 13.1. The molecule has 1 fully saturated rings. The fourth-order valence-corrected chi connectivity index (χ4v) is 1.87. The molecule has 1 aliphatic rings. The Morgan fingerprint density at radius 2 is 1.91 bits per heavy atom. The highest BCUT2D eigenvalue weighted by molar-refractivity contribution is 5.12. The van der Waals surface area contributed by atoms with E-state index in [0.29, 0.717) is 6.04 Å². The van der Waals surface area contributed by atoms with Crippen LogP contribution >= 0.6 is 0 Å². The Hall–Kier alpha value is -0.460. The van der Waals surface area contributed by atoms with E-state index >= 15 is 0 Å². The molecule has 0 aromatic heterocycles. The minimum atomic E-state index is 0.628. The molecule has 0 radical (unpaired) electrons. The maximum atomic E-state index is 4.02. The average Bonchev–Trinajstić information content (AvgIpc) is 1.80. The van der Waals surface area contributed by atoms with E-state index in [-0.39, 0.29) is 0 Å². The van der Waals surface area contributed by atoms with Crippen LogP contribution < -0.4 is 0 Å². The molecule has 1 heteroatoms. The van der Waals surface area contributed by atoms with Gasteiger partial charge in [-0.25, -0.2) is 0 Å². The van der Waals surface area contributed by atoms with Crippen molar-refractivity contribution in [1.82, 2.24) is 4.90 Å². The van der Waals surface area contributed by atoms with E-state index in [1.807, 2.05) is 0 Å². The average molecular weight is 153 g/mol. The minimum absolute atomic E-state index is 0.628. The Kier molecular flexibility index (Phi) is 2.26. The summed E-state index contributed by atoms with van der Waals surface area (Å²) in [5.41, 5.74) is 1.32. The van der Waals surface area contributed by atoms with Crippen molar-refractivity contribution in [1.29, 1.82) is 0 Å². The van der Waals surface area contributed by atoms with Gasteiger partial charge in [0.1, 0.15) is 0 Å². The van der Waals surface area contributed by atoms with Crippen molar-refractivity contribution in [2.24, 2.45) is 5.92 Å². The maximum absolute atomic E-state index is 4.02. The molecule has 64 valence electrons. The van der Waals surface area contributed by atoms with Gasteiger partial charge >= 0.3 is 0 Å². The van der Waals surface area contributed by atoms with Crippen LogP contribution in [0.15, 0.2) is 12.3 Å². The van der Waals surface area contributed by atoms with Gasteiger partial charge in [0.2, 0.25) is 0 Å². The standard InChI is InChI=1S/C10H19N/c1-7(2)10-6-9(5)11(10)8(3)4/h7-8,10H,5-6H2,1-4H3. The summed E-state index contributed by atoms with van der Waals surface area (Å²) in [6.07, 6.45) is 1.20. The molecule has 1 heterocycles. The Bertz CT molecular complexity index is 158. The molecule has 1 nitrogen and oxygen atoms in total. The molecule has 0 aromatic rings. The second kappa shape index (κ2) is 2.88. The van der Waals surface area contributed by atoms with Crippen LogP contribution in [-0.4, -0.2) is 17.0 Å². The van der Waals surface area contributed by atoms with Gasteiger partial charge in [0.15, 0.2) is 0 Å². The van der Waals surface area contributed by atoms with E-state index in [4.69, 9.17) is 0 Å².